The molecule has 0 saturated carbocycles. The standard InChI is InChI=1S/C7H4BrNO/c8-5-4-10-6-2-1-3-9-7(5)6/h1-4H. The highest BCUT2D eigenvalue weighted by atomic mass is 79.9. The zero-order valence-electron chi connectivity index (χ0n) is 5.04. The normalized spacial score (nSPS) is 10.5. The van der Waals surface area contributed by atoms with Crippen molar-refractivity contribution in [2.45, 2.75) is 0 Å². The molecule has 2 aromatic rings. The third kappa shape index (κ3) is 0.743. The van der Waals surface area contributed by atoms with Crippen LogP contribution in [0.2, 0.25) is 0 Å². The van der Waals surface area contributed by atoms with Crippen LogP contribution in [0.25, 0.3) is 11.1 Å². The molecule has 0 spiro atoms. The zero-order valence-corrected chi connectivity index (χ0v) is 6.63. The predicted molar refractivity (Wildman–Crippen MR) is 41.7 cm³/mol. The Balaban J connectivity index is 2.93. The number of pyridine rings is 1. The van der Waals surface area contributed by atoms with Gasteiger partial charge in [-0.1, -0.05) is 0 Å². The first-order valence-corrected chi connectivity index (χ1v) is 3.65. The van der Waals surface area contributed by atoms with Crippen molar-refractivity contribution in [3.63, 3.8) is 0 Å². The monoisotopic (exact) mass is 197 g/mol. The van der Waals surface area contributed by atoms with Gasteiger partial charge in [0.05, 0.1) is 4.47 Å². The van der Waals surface area contributed by atoms with E-state index in [1.165, 1.54) is 0 Å². The minimum Gasteiger partial charge on any atom is -0.461 e. The summed E-state index contributed by atoms with van der Waals surface area (Å²) in [5.74, 6) is 0. The minimum absolute atomic E-state index is 0.814. The molecule has 50 valence electrons. The molecule has 0 unspecified atom stereocenters. The molecule has 3 heteroatoms. The van der Waals surface area contributed by atoms with Crippen molar-refractivity contribution < 1.29 is 4.42 Å². The molecule has 10 heavy (non-hydrogen) atoms. The van der Waals surface area contributed by atoms with Crippen LogP contribution in [-0.4, -0.2) is 4.98 Å². The first kappa shape index (κ1) is 5.92. The summed E-state index contributed by atoms with van der Waals surface area (Å²) in [5, 5.41) is 0. The summed E-state index contributed by atoms with van der Waals surface area (Å²) >= 11 is 3.31. The molecule has 2 rings (SSSR count). The van der Waals surface area contributed by atoms with Crippen molar-refractivity contribution in [2.75, 3.05) is 0 Å². The smallest absolute Gasteiger partial charge is 0.153 e. The number of fused-ring (bicyclic) bond motifs is 1. The fourth-order valence-electron chi connectivity index (χ4n) is 0.836. The molecule has 0 aromatic carbocycles. The summed E-state index contributed by atoms with van der Waals surface area (Å²) in [4.78, 5) is 4.10. The topological polar surface area (TPSA) is 26.0 Å². The molecule has 2 nitrogen and oxygen atoms in total. The lowest BCUT2D eigenvalue weighted by molar-refractivity contribution is 0.613. The van der Waals surface area contributed by atoms with Gasteiger partial charge in [0.1, 0.15) is 11.8 Å². The van der Waals surface area contributed by atoms with Gasteiger partial charge < -0.3 is 4.42 Å². The number of aromatic nitrogens is 1. The van der Waals surface area contributed by atoms with Gasteiger partial charge in [0, 0.05) is 6.20 Å². The highest BCUT2D eigenvalue weighted by Gasteiger charge is 2.00. The number of nitrogens with zero attached hydrogens (tertiary/aromatic N) is 1. The molecule has 0 bridgehead atoms. The van der Waals surface area contributed by atoms with Gasteiger partial charge in [-0.2, -0.15) is 0 Å². The van der Waals surface area contributed by atoms with Crippen molar-refractivity contribution in [1.82, 2.24) is 4.98 Å². The second-order valence-electron chi connectivity index (χ2n) is 1.93. The van der Waals surface area contributed by atoms with Crippen molar-refractivity contribution >= 4 is 27.0 Å². The van der Waals surface area contributed by atoms with Gasteiger partial charge in [-0.3, -0.25) is 4.98 Å². The Bertz CT molecular complexity index is 355. The van der Waals surface area contributed by atoms with E-state index in [9.17, 15) is 0 Å². The number of furan rings is 1. The third-order valence-electron chi connectivity index (χ3n) is 1.29. The number of hydrogen-bond acceptors (Lipinski definition) is 2. The van der Waals surface area contributed by atoms with Crippen LogP contribution in [0.15, 0.2) is 33.5 Å². The molecular weight excluding hydrogens is 194 g/mol. The van der Waals surface area contributed by atoms with Gasteiger partial charge in [-0.15, -0.1) is 0 Å². The van der Waals surface area contributed by atoms with E-state index in [1.807, 2.05) is 12.1 Å². The maximum absolute atomic E-state index is 5.14. The molecule has 0 atom stereocenters. The van der Waals surface area contributed by atoms with E-state index in [4.69, 9.17) is 4.42 Å². The summed E-state index contributed by atoms with van der Waals surface area (Å²) in [6, 6.07) is 3.73. The maximum Gasteiger partial charge on any atom is 0.153 e. The van der Waals surface area contributed by atoms with Crippen LogP contribution in [-0.2, 0) is 0 Å². The SMILES string of the molecule is Brc1coc2cccnc12. The van der Waals surface area contributed by atoms with E-state index in [0.29, 0.717) is 0 Å². The largest absolute Gasteiger partial charge is 0.461 e. The fourth-order valence-corrected chi connectivity index (χ4v) is 1.23. The molecule has 2 heterocycles. The molecule has 0 radical (unpaired) electrons. The van der Waals surface area contributed by atoms with Gasteiger partial charge in [0.2, 0.25) is 0 Å². The Kier molecular flexibility index (Phi) is 1.24. The molecule has 0 aliphatic carbocycles. The molecule has 0 N–H and O–H groups in total. The zero-order chi connectivity index (χ0) is 6.97. The minimum atomic E-state index is 0.814. The van der Waals surface area contributed by atoms with Crippen LogP contribution in [0.1, 0.15) is 0 Å². The fraction of sp³-hybridized carbons (Fsp3) is 0. The Hall–Kier alpha value is -0.830. The van der Waals surface area contributed by atoms with Gasteiger partial charge in [-0.25, -0.2) is 0 Å². The molecule has 0 aliphatic rings. The van der Waals surface area contributed by atoms with Crippen molar-refractivity contribution in [1.29, 1.82) is 0 Å². The first-order valence-electron chi connectivity index (χ1n) is 2.85. The van der Waals surface area contributed by atoms with Crippen LogP contribution in [0, 0.1) is 0 Å². The summed E-state index contributed by atoms with van der Waals surface area (Å²) in [6.07, 6.45) is 3.38. The van der Waals surface area contributed by atoms with Crippen LogP contribution in [0.5, 0.6) is 0 Å². The molecule has 0 fully saturated rings. The van der Waals surface area contributed by atoms with E-state index in [1.54, 1.807) is 12.5 Å². The van der Waals surface area contributed by atoms with Gasteiger partial charge in [-0.05, 0) is 28.1 Å². The lowest BCUT2D eigenvalue weighted by Crippen LogP contribution is -1.69. The summed E-state index contributed by atoms with van der Waals surface area (Å²) in [7, 11) is 0. The first-order chi connectivity index (χ1) is 4.88. The van der Waals surface area contributed by atoms with Gasteiger partial charge in [0.25, 0.3) is 0 Å². The Morgan fingerprint density at radius 2 is 2.40 bits per heavy atom. The summed E-state index contributed by atoms with van der Waals surface area (Å²) in [6.45, 7) is 0. The predicted octanol–water partition coefficient (Wildman–Crippen LogP) is 2.59. The average Bonchev–Trinajstić information content (AvgIpc) is 2.34. The molecule has 0 amide bonds. The maximum atomic E-state index is 5.14. The highest BCUT2D eigenvalue weighted by molar-refractivity contribution is 9.10. The van der Waals surface area contributed by atoms with Crippen LogP contribution >= 0.6 is 15.9 Å². The molecule has 0 aliphatic heterocycles. The van der Waals surface area contributed by atoms with E-state index in [0.717, 1.165) is 15.6 Å². The average molecular weight is 198 g/mol. The number of hydrogen-bond donors (Lipinski definition) is 0. The lowest BCUT2D eigenvalue weighted by Gasteiger charge is -1.83. The van der Waals surface area contributed by atoms with Crippen LogP contribution in [0.4, 0.5) is 0 Å². The second kappa shape index (κ2) is 2.09. The number of halogens is 1. The summed E-state index contributed by atoms with van der Waals surface area (Å²) in [5.41, 5.74) is 1.69. The lowest BCUT2D eigenvalue weighted by atomic mass is 10.4. The Morgan fingerprint density at radius 1 is 1.50 bits per heavy atom. The molecular formula is C7H4BrNO. The Morgan fingerprint density at radius 3 is 3.20 bits per heavy atom. The van der Waals surface area contributed by atoms with Crippen molar-refractivity contribution in [3.05, 3.63) is 29.1 Å². The quantitative estimate of drug-likeness (QED) is 0.650. The number of rotatable bonds is 0. The van der Waals surface area contributed by atoms with Gasteiger partial charge in [0.15, 0.2) is 5.58 Å². The third-order valence-corrected chi connectivity index (χ3v) is 1.85. The molecule has 0 saturated heterocycles. The highest BCUT2D eigenvalue weighted by Crippen LogP contribution is 2.22. The van der Waals surface area contributed by atoms with Crippen molar-refractivity contribution in [2.24, 2.45) is 0 Å². The van der Waals surface area contributed by atoms with E-state index < -0.39 is 0 Å². The second-order valence-corrected chi connectivity index (χ2v) is 2.79. The van der Waals surface area contributed by atoms with E-state index in [2.05, 4.69) is 20.9 Å². The van der Waals surface area contributed by atoms with Crippen LogP contribution in [0.3, 0.4) is 0 Å². The van der Waals surface area contributed by atoms with Crippen molar-refractivity contribution in [3.8, 4) is 0 Å². The Labute approximate surface area is 66.0 Å². The van der Waals surface area contributed by atoms with Crippen LogP contribution < -0.4 is 0 Å². The van der Waals surface area contributed by atoms with Gasteiger partial charge >= 0.3 is 0 Å². The molecule has 2 aromatic heterocycles. The van der Waals surface area contributed by atoms with E-state index in [-0.39, 0.29) is 0 Å². The summed E-state index contributed by atoms with van der Waals surface area (Å²) < 4.78 is 6.04. The van der Waals surface area contributed by atoms with E-state index >= 15 is 0 Å².